The molecule has 0 saturated heterocycles. The van der Waals surface area contributed by atoms with Crippen molar-refractivity contribution in [3.63, 3.8) is 0 Å². The van der Waals surface area contributed by atoms with Crippen molar-refractivity contribution in [2.75, 3.05) is 0 Å². The van der Waals surface area contributed by atoms with Gasteiger partial charge in [0.05, 0.1) is 11.3 Å². The topological polar surface area (TPSA) is 60.7 Å². The average molecular weight is 380 g/mol. The third kappa shape index (κ3) is 2.98. The van der Waals surface area contributed by atoms with Crippen molar-refractivity contribution in [1.82, 2.24) is 9.38 Å². The molecule has 0 fully saturated rings. The average Bonchev–Trinajstić information content (AvgIpc) is 3.29. The number of carbonyl (C=O) groups excluding carboxylic acids is 1. The van der Waals surface area contributed by atoms with Crippen molar-refractivity contribution in [3.8, 4) is 0 Å². The Labute approximate surface area is 160 Å². The van der Waals surface area contributed by atoms with Crippen molar-refractivity contribution in [1.29, 1.82) is 0 Å². The van der Waals surface area contributed by atoms with E-state index in [0.29, 0.717) is 16.2 Å². The van der Waals surface area contributed by atoms with E-state index < -0.39 is 0 Å². The minimum absolute atomic E-state index is 0.0181. The Hall–Kier alpha value is -2.47. The molecule has 138 valence electrons. The molecule has 0 aliphatic heterocycles. The van der Waals surface area contributed by atoms with Crippen LogP contribution < -0.4 is 5.56 Å². The van der Waals surface area contributed by atoms with Crippen LogP contribution in [0, 0.1) is 0 Å². The lowest BCUT2D eigenvalue weighted by Crippen LogP contribution is -2.18. The van der Waals surface area contributed by atoms with Gasteiger partial charge in [0.1, 0.15) is 6.61 Å². The first-order chi connectivity index (χ1) is 13.2. The summed E-state index contributed by atoms with van der Waals surface area (Å²) in [5.41, 5.74) is 4.68. The van der Waals surface area contributed by atoms with Crippen LogP contribution in [0.4, 0.5) is 0 Å². The van der Waals surface area contributed by atoms with Crippen LogP contribution in [0.2, 0.25) is 0 Å². The summed E-state index contributed by atoms with van der Waals surface area (Å²) in [5, 5.41) is 0. The summed E-state index contributed by atoms with van der Waals surface area (Å²) in [5.74, 6) is -0.364. The van der Waals surface area contributed by atoms with Gasteiger partial charge < -0.3 is 4.74 Å². The van der Waals surface area contributed by atoms with Gasteiger partial charge in [0.2, 0.25) is 0 Å². The summed E-state index contributed by atoms with van der Waals surface area (Å²) in [6.07, 6.45) is 7.49. The maximum Gasteiger partial charge on any atom is 0.338 e. The molecule has 0 atom stereocenters. The van der Waals surface area contributed by atoms with Crippen LogP contribution in [0.3, 0.4) is 0 Å². The maximum absolute atomic E-state index is 12.6. The fourth-order valence-electron chi connectivity index (χ4n) is 4.14. The second-order valence-electron chi connectivity index (χ2n) is 7.30. The zero-order valence-corrected chi connectivity index (χ0v) is 15.8. The van der Waals surface area contributed by atoms with E-state index in [-0.39, 0.29) is 18.1 Å². The Bertz CT molecular complexity index is 1110. The molecule has 5 nitrogen and oxygen atoms in total. The molecular formula is C21H20N2O3S. The van der Waals surface area contributed by atoms with Crippen LogP contribution >= 0.6 is 11.3 Å². The molecule has 0 radical (unpaired) electrons. The van der Waals surface area contributed by atoms with Crippen LogP contribution in [-0.4, -0.2) is 15.4 Å². The van der Waals surface area contributed by atoms with Gasteiger partial charge in [-0.15, -0.1) is 11.3 Å². The van der Waals surface area contributed by atoms with Gasteiger partial charge in [-0.25, -0.2) is 9.78 Å². The fraction of sp³-hybridized carbons (Fsp3) is 0.381. The number of aromatic nitrogens is 2. The Morgan fingerprint density at radius 1 is 1.07 bits per heavy atom. The zero-order chi connectivity index (χ0) is 18.4. The normalized spacial score (nSPS) is 15.6. The van der Waals surface area contributed by atoms with Gasteiger partial charge in [-0.3, -0.25) is 9.20 Å². The number of nitrogens with zero attached hydrogens (tertiary/aromatic N) is 2. The Morgan fingerprint density at radius 3 is 2.85 bits per heavy atom. The van der Waals surface area contributed by atoms with Crippen molar-refractivity contribution in [2.24, 2.45) is 0 Å². The smallest absolute Gasteiger partial charge is 0.338 e. The van der Waals surface area contributed by atoms with Gasteiger partial charge in [0, 0.05) is 16.6 Å². The summed E-state index contributed by atoms with van der Waals surface area (Å²) < 4.78 is 7.16. The number of fused-ring (bicyclic) bond motifs is 4. The van der Waals surface area contributed by atoms with Gasteiger partial charge in [0.15, 0.2) is 4.96 Å². The van der Waals surface area contributed by atoms with E-state index in [4.69, 9.17) is 4.74 Å². The van der Waals surface area contributed by atoms with Gasteiger partial charge in [0.25, 0.3) is 5.56 Å². The van der Waals surface area contributed by atoms with E-state index in [2.05, 4.69) is 4.98 Å². The molecule has 1 aromatic carbocycles. The van der Waals surface area contributed by atoms with Crippen molar-refractivity contribution >= 4 is 22.3 Å². The van der Waals surface area contributed by atoms with E-state index in [1.54, 1.807) is 15.7 Å². The van der Waals surface area contributed by atoms with Gasteiger partial charge in [-0.05, 0) is 68.2 Å². The first kappa shape index (κ1) is 16.7. The van der Waals surface area contributed by atoms with E-state index in [1.807, 2.05) is 18.2 Å². The molecule has 2 aromatic heterocycles. The number of hydrogen-bond donors (Lipinski definition) is 0. The summed E-state index contributed by atoms with van der Waals surface area (Å²) >= 11 is 1.58. The SMILES string of the molecule is O=C(OCc1cc(=O)n2c3c(sc2n1)CCCC3)c1ccc2c(c1)CCC2. The standard InChI is InChI=1S/C21H20N2O3S/c24-19-11-16(22-21-23(19)17-6-1-2-7-18(17)27-21)12-26-20(25)15-9-8-13-4-3-5-14(13)10-15/h8-11H,1-7,12H2. The third-order valence-electron chi connectivity index (χ3n) is 5.50. The first-order valence-electron chi connectivity index (χ1n) is 9.51. The lowest BCUT2D eigenvalue weighted by molar-refractivity contribution is 0.0467. The Kier molecular flexibility index (Phi) is 4.08. The monoisotopic (exact) mass is 380 g/mol. The minimum Gasteiger partial charge on any atom is -0.456 e. The van der Waals surface area contributed by atoms with Gasteiger partial charge in [-0.2, -0.15) is 0 Å². The highest BCUT2D eigenvalue weighted by Crippen LogP contribution is 2.28. The summed E-state index contributed by atoms with van der Waals surface area (Å²) in [6.45, 7) is 0.0181. The van der Waals surface area contributed by atoms with Crippen LogP contribution in [0.1, 0.15) is 57.0 Å². The van der Waals surface area contributed by atoms with Crippen molar-refractivity contribution in [3.05, 3.63) is 67.6 Å². The molecule has 0 saturated carbocycles. The first-order valence-corrected chi connectivity index (χ1v) is 10.3. The highest BCUT2D eigenvalue weighted by molar-refractivity contribution is 7.17. The molecule has 2 aliphatic rings. The van der Waals surface area contributed by atoms with E-state index in [1.165, 1.54) is 28.5 Å². The molecule has 5 rings (SSSR count). The second kappa shape index (κ2) is 6.60. The molecule has 2 aliphatic carbocycles. The van der Waals surface area contributed by atoms with E-state index in [0.717, 1.165) is 44.2 Å². The largest absolute Gasteiger partial charge is 0.456 e. The minimum atomic E-state index is -0.364. The lowest BCUT2D eigenvalue weighted by Gasteiger charge is -2.10. The molecular weight excluding hydrogens is 360 g/mol. The predicted octanol–water partition coefficient (Wildman–Crippen LogP) is 3.48. The van der Waals surface area contributed by atoms with Crippen LogP contribution in [0.25, 0.3) is 4.96 Å². The van der Waals surface area contributed by atoms with Crippen LogP contribution in [0.15, 0.2) is 29.1 Å². The summed E-state index contributed by atoms with van der Waals surface area (Å²) in [4.78, 5) is 31.5. The lowest BCUT2D eigenvalue weighted by atomic mass is 10.0. The van der Waals surface area contributed by atoms with Crippen molar-refractivity contribution < 1.29 is 9.53 Å². The molecule has 0 bridgehead atoms. The highest BCUT2D eigenvalue weighted by Gasteiger charge is 2.19. The van der Waals surface area contributed by atoms with E-state index >= 15 is 0 Å². The second-order valence-corrected chi connectivity index (χ2v) is 8.36. The fourth-order valence-corrected chi connectivity index (χ4v) is 5.37. The molecule has 0 amide bonds. The van der Waals surface area contributed by atoms with Crippen LogP contribution in [-0.2, 0) is 37.0 Å². The number of benzene rings is 1. The maximum atomic E-state index is 12.6. The number of thiazole rings is 1. The number of carbonyl (C=O) groups is 1. The number of rotatable bonds is 3. The van der Waals surface area contributed by atoms with Gasteiger partial charge >= 0.3 is 5.97 Å². The number of hydrogen-bond acceptors (Lipinski definition) is 5. The molecule has 0 spiro atoms. The Morgan fingerprint density at radius 2 is 1.93 bits per heavy atom. The number of esters is 1. The molecule has 0 unspecified atom stereocenters. The molecule has 0 N–H and O–H groups in total. The summed E-state index contributed by atoms with van der Waals surface area (Å²) in [6, 6.07) is 7.27. The third-order valence-corrected chi connectivity index (χ3v) is 6.64. The molecule has 27 heavy (non-hydrogen) atoms. The number of ether oxygens (including phenoxy) is 1. The zero-order valence-electron chi connectivity index (χ0n) is 15.0. The van der Waals surface area contributed by atoms with Gasteiger partial charge in [-0.1, -0.05) is 6.07 Å². The molecule has 2 heterocycles. The Balaban J connectivity index is 1.37. The van der Waals surface area contributed by atoms with Crippen LogP contribution in [0.5, 0.6) is 0 Å². The quantitative estimate of drug-likeness (QED) is 0.653. The summed E-state index contributed by atoms with van der Waals surface area (Å²) in [7, 11) is 0. The molecule has 3 aromatic rings. The van der Waals surface area contributed by atoms with Crippen molar-refractivity contribution in [2.45, 2.75) is 51.6 Å². The number of aryl methyl sites for hydroxylation is 4. The molecule has 6 heteroatoms. The highest BCUT2D eigenvalue weighted by atomic mass is 32.1. The van der Waals surface area contributed by atoms with E-state index in [9.17, 15) is 9.59 Å². The predicted molar refractivity (Wildman–Crippen MR) is 104 cm³/mol.